The lowest BCUT2D eigenvalue weighted by Gasteiger charge is -2.30. The maximum atomic E-state index is 14.3. The normalized spacial score (nSPS) is 21.4. The van der Waals surface area contributed by atoms with E-state index in [1.807, 2.05) is 0 Å². The molecule has 38 heavy (non-hydrogen) atoms. The third kappa shape index (κ3) is 4.42. The van der Waals surface area contributed by atoms with Gasteiger partial charge >= 0.3 is 6.18 Å². The summed E-state index contributed by atoms with van der Waals surface area (Å²) >= 11 is 0. The smallest absolute Gasteiger partial charge is 0.374 e. The third-order valence-corrected chi connectivity index (χ3v) is 6.77. The van der Waals surface area contributed by atoms with Crippen LogP contribution in [0, 0.1) is 26.6 Å². The molecule has 2 aromatic rings. The maximum Gasteiger partial charge on any atom is 0.435 e. The molecule has 2 atom stereocenters. The van der Waals surface area contributed by atoms with Gasteiger partial charge in [0, 0.05) is 24.1 Å². The third-order valence-electron chi connectivity index (χ3n) is 6.77. The van der Waals surface area contributed by atoms with Crippen molar-refractivity contribution in [2.24, 2.45) is 5.16 Å². The van der Waals surface area contributed by atoms with Crippen molar-refractivity contribution in [1.29, 1.82) is 0 Å². The number of aryl methyl sites for hydroxylation is 3. The molecule has 4 rings (SSSR count). The van der Waals surface area contributed by atoms with E-state index in [0.717, 1.165) is 22.1 Å². The van der Waals surface area contributed by atoms with Crippen molar-refractivity contribution in [2.45, 2.75) is 51.9 Å². The van der Waals surface area contributed by atoms with Crippen LogP contribution >= 0.6 is 0 Å². The SMILES string of the molecule is CCN1OCC(N(C=O)C(=O)c2ccc(C3=NOC(c4cc(C)c(F)c(C)c4)(C(F)(F)F)C3)cc2C)C1=O. The van der Waals surface area contributed by atoms with Gasteiger partial charge in [-0.3, -0.25) is 24.1 Å². The van der Waals surface area contributed by atoms with Gasteiger partial charge in [-0.15, -0.1) is 0 Å². The van der Waals surface area contributed by atoms with Crippen molar-refractivity contribution in [2.75, 3.05) is 13.2 Å². The first-order chi connectivity index (χ1) is 17.8. The van der Waals surface area contributed by atoms with E-state index in [4.69, 9.17) is 9.68 Å². The lowest BCUT2D eigenvalue weighted by Crippen LogP contribution is -2.45. The zero-order valence-electron chi connectivity index (χ0n) is 21.1. The van der Waals surface area contributed by atoms with E-state index in [1.165, 1.54) is 32.0 Å². The van der Waals surface area contributed by atoms with Crippen LogP contribution < -0.4 is 0 Å². The molecule has 1 fully saturated rings. The summed E-state index contributed by atoms with van der Waals surface area (Å²) in [6.07, 6.45) is -5.29. The molecule has 2 aliphatic rings. The van der Waals surface area contributed by atoms with Gasteiger partial charge in [-0.05, 0) is 74.2 Å². The first kappa shape index (κ1) is 27.2. The van der Waals surface area contributed by atoms with Gasteiger partial charge in [-0.1, -0.05) is 11.2 Å². The van der Waals surface area contributed by atoms with Crippen LogP contribution in [0.3, 0.4) is 0 Å². The second kappa shape index (κ2) is 9.82. The van der Waals surface area contributed by atoms with E-state index in [9.17, 15) is 31.9 Å². The minimum Gasteiger partial charge on any atom is -0.374 e. The van der Waals surface area contributed by atoms with E-state index in [2.05, 4.69) is 5.16 Å². The predicted octanol–water partition coefficient (Wildman–Crippen LogP) is 4.09. The average Bonchev–Trinajstić information content (AvgIpc) is 3.48. The monoisotopic (exact) mass is 535 g/mol. The summed E-state index contributed by atoms with van der Waals surface area (Å²) in [6, 6.07) is 5.28. The number of likely N-dealkylation sites (N-methyl/N-ethyl adjacent to an activating group) is 1. The number of carbonyl (C=O) groups is 3. The van der Waals surface area contributed by atoms with E-state index < -0.39 is 41.9 Å². The molecule has 0 aliphatic carbocycles. The number of nitrogens with zero attached hydrogens (tertiary/aromatic N) is 3. The van der Waals surface area contributed by atoms with Crippen molar-refractivity contribution in [3.63, 3.8) is 0 Å². The number of rotatable bonds is 6. The first-order valence-electron chi connectivity index (χ1n) is 11.8. The fourth-order valence-corrected chi connectivity index (χ4v) is 4.63. The summed E-state index contributed by atoms with van der Waals surface area (Å²) in [4.78, 5) is 48.2. The Kier molecular flexibility index (Phi) is 7.04. The number of hydrogen-bond donors (Lipinski definition) is 0. The Bertz CT molecular complexity index is 1320. The van der Waals surface area contributed by atoms with Gasteiger partial charge in [-0.25, -0.2) is 9.45 Å². The molecule has 2 heterocycles. The topological polar surface area (TPSA) is 88.5 Å². The Morgan fingerprint density at radius 1 is 1.18 bits per heavy atom. The molecule has 0 bridgehead atoms. The summed E-state index contributed by atoms with van der Waals surface area (Å²) < 4.78 is 57.2. The van der Waals surface area contributed by atoms with Gasteiger partial charge in [0.15, 0.2) is 0 Å². The number of oxime groups is 1. The molecule has 0 N–H and O–H groups in total. The van der Waals surface area contributed by atoms with Crippen LogP contribution in [0.5, 0.6) is 0 Å². The highest BCUT2D eigenvalue weighted by molar-refractivity contribution is 6.06. The molecule has 0 radical (unpaired) electrons. The van der Waals surface area contributed by atoms with Crippen LogP contribution in [-0.4, -0.2) is 59.3 Å². The van der Waals surface area contributed by atoms with Crippen LogP contribution in [0.4, 0.5) is 17.6 Å². The van der Waals surface area contributed by atoms with Crippen molar-refractivity contribution >= 4 is 23.9 Å². The van der Waals surface area contributed by atoms with E-state index in [-0.39, 0.29) is 53.1 Å². The molecular weight excluding hydrogens is 510 g/mol. The first-order valence-corrected chi connectivity index (χ1v) is 11.8. The van der Waals surface area contributed by atoms with E-state index in [1.54, 1.807) is 13.8 Å². The molecule has 0 spiro atoms. The number of hydroxylamine groups is 2. The number of benzene rings is 2. The average molecular weight is 535 g/mol. The maximum absolute atomic E-state index is 14.3. The fourth-order valence-electron chi connectivity index (χ4n) is 4.63. The van der Waals surface area contributed by atoms with Crippen LogP contribution in [0.1, 0.15) is 51.5 Å². The van der Waals surface area contributed by atoms with Crippen molar-refractivity contribution in [1.82, 2.24) is 9.96 Å². The Balaban J connectivity index is 1.62. The molecule has 0 saturated carbocycles. The Morgan fingerprint density at radius 3 is 2.37 bits per heavy atom. The van der Waals surface area contributed by atoms with Gasteiger partial charge in [0.05, 0.1) is 5.71 Å². The largest absolute Gasteiger partial charge is 0.435 e. The van der Waals surface area contributed by atoms with Gasteiger partial charge < -0.3 is 4.84 Å². The van der Waals surface area contributed by atoms with Crippen LogP contribution in [0.2, 0.25) is 0 Å². The molecule has 2 aliphatic heterocycles. The summed E-state index contributed by atoms with van der Waals surface area (Å²) in [6.45, 7) is 6.04. The lowest BCUT2D eigenvalue weighted by atomic mass is 9.84. The Morgan fingerprint density at radius 2 is 1.84 bits per heavy atom. The van der Waals surface area contributed by atoms with Crippen molar-refractivity contribution in [3.05, 3.63) is 69.5 Å². The summed E-state index contributed by atoms with van der Waals surface area (Å²) in [5, 5.41) is 4.78. The number of carbonyl (C=O) groups excluding carboxylic acids is 3. The van der Waals surface area contributed by atoms with E-state index >= 15 is 0 Å². The Hall–Kier alpha value is -3.80. The molecule has 0 aromatic heterocycles. The van der Waals surface area contributed by atoms with Gasteiger partial charge in [0.1, 0.15) is 18.5 Å². The zero-order valence-corrected chi connectivity index (χ0v) is 21.1. The molecule has 202 valence electrons. The number of alkyl halides is 3. The Labute approximate surface area is 215 Å². The van der Waals surface area contributed by atoms with Crippen molar-refractivity contribution in [3.8, 4) is 0 Å². The van der Waals surface area contributed by atoms with Crippen molar-refractivity contribution < 1.29 is 41.6 Å². The highest BCUT2D eigenvalue weighted by Crippen LogP contribution is 2.49. The fraction of sp³-hybridized carbons (Fsp3) is 0.385. The van der Waals surface area contributed by atoms with E-state index in [0.29, 0.717) is 5.56 Å². The zero-order chi connectivity index (χ0) is 28.0. The highest BCUT2D eigenvalue weighted by atomic mass is 19.4. The second-order valence-corrected chi connectivity index (χ2v) is 9.25. The van der Waals surface area contributed by atoms with Gasteiger partial charge in [0.25, 0.3) is 17.4 Å². The number of halogens is 4. The molecule has 2 aromatic carbocycles. The van der Waals surface area contributed by atoms with Crippen LogP contribution in [0.25, 0.3) is 0 Å². The highest BCUT2D eigenvalue weighted by Gasteiger charge is 2.62. The molecular formula is C26H25F4N3O5. The molecule has 3 amide bonds. The molecule has 2 unspecified atom stereocenters. The molecule has 1 saturated heterocycles. The summed E-state index contributed by atoms with van der Waals surface area (Å²) in [5.41, 5.74) is -2.30. The lowest BCUT2D eigenvalue weighted by molar-refractivity contribution is -0.275. The van der Waals surface area contributed by atoms with Gasteiger partial charge in [0.2, 0.25) is 6.41 Å². The summed E-state index contributed by atoms with van der Waals surface area (Å²) in [7, 11) is 0. The van der Waals surface area contributed by atoms with Crippen LogP contribution in [0.15, 0.2) is 35.5 Å². The second-order valence-electron chi connectivity index (χ2n) is 9.25. The number of hydrogen-bond acceptors (Lipinski definition) is 6. The minimum atomic E-state index is -4.87. The van der Waals surface area contributed by atoms with Gasteiger partial charge in [-0.2, -0.15) is 13.2 Å². The standard InChI is InChI=1S/C26H25F4N3O5/c1-5-33-24(36)21(12-37-33)32(13-34)23(35)19-7-6-17(8-14(19)2)20-11-25(38-31-20,26(28,29)30)18-9-15(3)22(27)16(4)10-18/h6-10,13,21H,5,11-12H2,1-4H3. The number of amides is 3. The number of imide groups is 1. The van der Waals surface area contributed by atoms with Crippen LogP contribution in [-0.2, 0) is 24.9 Å². The molecule has 8 nitrogen and oxygen atoms in total. The molecule has 12 heteroatoms. The quantitative estimate of drug-likeness (QED) is 0.411. The predicted molar refractivity (Wildman–Crippen MR) is 126 cm³/mol. The minimum absolute atomic E-state index is 0.0192. The summed E-state index contributed by atoms with van der Waals surface area (Å²) in [5.74, 6) is -1.89.